The van der Waals surface area contributed by atoms with Crippen molar-refractivity contribution < 1.29 is 24.2 Å². The van der Waals surface area contributed by atoms with E-state index < -0.39 is 18.1 Å². The average molecular weight is 465 g/mol. The molecule has 4 rings (SSSR count). The number of amides is 2. The van der Waals surface area contributed by atoms with E-state index in [0.717, 1.165) is 36.8 Å². The monoisotopic (exact) mass is 464 g/mol. The maximum absolute atomic E-state index is 12.7. The van der Waals surface area contributed by atoms with Gasteiger partial charge in [-0.2, -0.15) is 0 Å². The normalized spacial score (nSPS) is 20.1. The van der Waals surface area contributed by atoms with E-state index in [1.165, 1.54) is 30.0 Å². The van der Waals surface area contributed by atoms with Crippen LogP contribution in [0.25, 0.3) is 11.1 Å². The molecule has 7 nitrogen and oxygen atoms in total. The molecule has 0 bridgehead atoms. The van der Waals surface area contributed by atoms with Crippen molar-refractivity contribution in [3.63, 3.8) is 0 Å². The highest BCUT2D eigenvalue weighted by atomic mass is 16.5. The van der Waals surface area contributed by atoms with Gasteiger partial charge < -0.3 is 20.1 Å². The molecule has 2 unspecified atom stereocenters. The summed E-state index contributed by atoms with van der Waals surface area (Å²) in [6.07, 6.45) is 3.29. The maximum atomic E-state index is 12.7. The zero-order valence-electron chi connectivity index (χ0n) is 19.7. The highest BCUT2D eigenvalue weighted by Crippen LogP contribution is 2.44. The number of carbonyl (C=O) groups is 3. The number of alkyl carbamates (subject to hydrolysis) is 1. The Morgan fingerprint density at radius 1 is 1.03 bits per heavy atom. The first kappa shape index (κ1) is 23.8. The van der Waals surface area contributed by atoms with Gasteiger partial charge in [-0.3, -0.25) is 4.79 Å². The standard InChI is InChI=1S/C27H32N2O5/c1-17(26(31)32)29(2)25(30)15-18-9-3-8-14-24(18)28-27(33)34-16-23-21-12-6-4-10-19(21)20-11-5-7-13-22(20)23/h4-7,10-13,17-18,23-24H,3,8-9,14-16H2,1-2H3,(H,28,33)(H,31,32)/t17-,18?,24?/m0/s1. The molecule has 0 spiro atoms. The third-order valence-electron chi connectivity index (χ3n) is 7.32. The second-order valence-corrected chi connectivity index (χ2v) is 9.34. The average Bonchev–Trinajstić information content (AvgIpc) is 3.16. The molecule has 7 heteroatoms. The number of rotatable bonds is 7. The number of hydrogen-bond donors (Lipinski definition) is 2. The summed E-state index contributed by atoms with van der Waals surface area (Å²) in [5.74, 6) is -1.30. The lowest BCUT2D eigenvalue weighted by molar-refractivity contribution is -0.148. The summed E-state index contributed by atoms with van der Waals surface area (Å²) in [5.41, 5.74) is 4.68. The molecule has 2 aromatic carbocycles. The van der Waals surface area contributed by atoms with Crippen LogP contribution in [0, 0.1) is 5.92 Å². The number of fused-ring (bicyclic) bond motifs is 3. The smallest absolute Gasteiger partial charge is 0.407 e. The molecule has 1 saturated carbocycles. The van der Waals surface area contributed by atoms with Crippen LogP contribution in [0.1, 0.15) is 56.1 Å². The van der Waals surface area contributed by atoms with E-state index in [4.69, 9.17) is 4.74 Å². The minimum atomic E-state index is -1.03. The molecule has 0 aliphatic heterocycles. The van der Waals surface area contributed by atoms with Crippen molar-refractivity contribution in [2.24, 2.45) is 5.92 Å². The van der Waals surface area contributed by atoms with Crippen molar-refractivity contribution in [2.45, 2.75) is 57.0 Å². The summed E-state index contributed by atoms with van der Waals surface area (Å²) in [5, 5.41) is 12.2. The van der Waals surface area contributed by atoms with Crippen molar-refractivity contribution >= 4 is 18.0 Å². The van der Waals surface area contributed by atoms with Gasteiger partial charge >= 0.3 is 12.1 Å². The number of likely N-dealkylation sites (N-methyl/N-ethyl adjacent to an activating group) is 1. The molecule has 1 fully saturated rings. The Morgan fingerprint density at radius 2 is 1.62 bits per heavy atom. The molecule has 0 heterocycles. The Kier molecular flexibility index (Phi) is 7.20. The van der Waals surface area contributed by atoms with Crippen molar-refractivity contribution in [3.05, 3.63) is 59.7 Å². The number of benzene rings is 2. The highest BCUT2D eigenvalue weighted by molar-refractivity contribution is 5.83. The molecule has 2 aliphatic carbocycles. The van der Waals surface area contributed by atoms with Crippen LogP contribution in [-0.4, -0.2) is 53.7 Å². The molecule has 2 aliphatic rings. The Balaban J connectivity index is 1.37. The number of hydrogen-bond acceptors (Lipinski definition) is 4. The second-order valence-electron chi connectivity index (χ2n) is 9.34. The van der Waals surface area contributed by atoms with E-state index in [0.29, 0.717) is 0 Å². The van der Waals surface area contributed by atoms with Crippen LogP contribution in [0.3, 0.4) is 0 Å². The molecular weight excluding hydrogens is 432 g/mol. The summed E-state index contributed by atoms with van der Waals surface area (Å²) in [6.45, 7) is 1.74. The van der Waals surface area contributed by atoms with Gasteiger partial charge in [0.15, 0.2) is 0 Å². The van der Waals surface area contributed by atoms with Gasteiger partial charge in [0.1, 0.15) is 12.6 Å². The molecular formula is C27H32N2O5. The lowest BCUT2D eigenvalue weighted by Crippen LogP contribution is -2.46. The summed E-state index contributed by atoms with van der Waals surface area (Å²) in [6, 6.07) is 15.4. The van der Waals surface area contributed by atoms with E-state index in [1.807, 2.05) is 24.3 Å². The SMILES string of the molecule is C[C@@H](C(=O)O)N(C)C(=O)CC1CCCCC1NC(=O)OCC1c2ccccc2-c2ccccc21. The minimum Gasteiger partial charge on any atom is -0.480 e. The van der Waals surface area contributed by atoms with Crippen molar-refractivity contribution in [3.8, 4) is 11.1 Å². The predicted molar refractivity (Wildman–Crippen MR) is 128 cm³/mol. The van der Waals surface area contributed by atoms with Gasteiger partial charge in [0.25, 0.3) is 0 Å². The van der Waals surface area contributed by atoms with E-state index >= 15 is 0 Å². The van der Waals surface area contributed by atoms with E-state index in [9.17, 15) is 19.5 Å². The van der Waals surface area contributed by atoms with Crippen LogP contribution >= 0.6 is 0 Å². The number of nitrogens with zero attached hydrogens (tertiary/aromatic N) is 1. The predicted octanol–water partition coefficient (Wildman–Crippen LogP) is 4.41. The van der Waals surface area contributed by atoms with Gasteiger partial charge in [-0.05, 0) is 47.9 Å². The fraction of sp³-hybridized carbons (Fsp3) is 0.444. The number of aliphatic carboxylic acids is 1. The first-order valence-corrected chi connectivity index (χ1v) is 12.0. The fourth-order valence-electron chi connectivity index (χ4n) is 5.18. The van der Waals surface area contributed by atoms with Gasteiger partial charge in [-0.15, -0.1) is 0 Å². The van der Waals surface area contributed by atoms with Crippen LogP contribution < -0.4 is 5.32 Å². The zero-order chi connectivity index (χ0) is 24.2. The van der Waals surface area contributed by atoms with Gasteiger partial charge in [0.2, 0.25) is 5.91 Å². The van der Waals surface area contributed by atoms with Crippen LogP contribution in [0.15, 0.2) is 48.5 Å². The molecule has 2 amide bonds. The van der Waals surface area contributed by atoms with E-state index in [1.54, 1.807) is 0 Å². The van der Waals surface area contributed by atoms with Gasteiger partial charge in [0, 0.05) is 25.4 Å². The highest BCUT2D eigenvalue weighted by Gasteiger charge is 2.33. The quantitative estimate of drug-likeness (QED) is 0.633. The number of carboxylic acid groups (broad SMARTS) is 1. The molecule has 2 aromatic rings. The van der Waals surface area contributed by atoms with Gasteiger partial charge in [0.05, 0.1) is 0 Å². The van der Waals surface area contributed by atoms with Crippen molar-refractivity contribution in [2.75, 3.05) is 13.7 Å². The van der Waals surface area contributed by atoms with Crippen molar-refractivity contribution in [1.82, 2.24) is 10.2 Å². The number of carbonyl (C=O) groups excluding carboxylic acids is 2. The zero-order valence-corrected chi connectivity index (χ0v) is 19.7. The summed E-state index contributed by atoms with van der Waals surface area (Å²) < 4.78 is 5.69. The number of ether oxygens (including phenoxy) is 1. The third kappa shape index (κ3) is 4.93. The molecule has 180 valence electrons. The minimum absolute atomic E-state index is 0.00645. The van der Waals surface area contributed by atoms with E-state index in [-0.39, 0.29) is 36.8 Å². The largest absolute Gasteiger partial charge is 0.480 e. The first-order valence-electron chi connectivity index (χ1n) is 12.0. The third-order valence-corrected chi connectivity index (χ3v) is 7.32. The second kappa shape index (κ2) is 10.3. The summed E-state index contributed by atoms with van der Waals surface area (Å²) in [4.78, 5) is 37.9. The summed E-state index contributed by atoms with van der Waals surface area (Å²) in [7, 11) is 1.51. The molecule has 34 heavy (non-hydrogen) atoms. The number of carboxylic acids is 1. The lowest BCUT2D eigenvalue weighted by atomic mass is 9.82. The summed E-state index contributed by atoms with van der Waals surface area (Å²) >= 11 is 0. The topological polar surface area (TPSA) is 95.9 Å². The Hall–Kier alpha value is -3.35. The van der Waals surface area contributed by atoms with Gasteiger partial charge in [-0.25, -0.2) is 9.59 Å². The van der Waals surface area contributed by atoms with Crippen LogP contribution in [0.2, 0.25) is 0 Å². The number of nitrogens with one attached hydrogen (secondary N) is 1. The Morgan fingerprint density at radius 3 is 2.24 bits per heavy atom. The first-order chi connectivity index (χ1) is 16.4. The molecule has 0 radical (unpaired) electrons. The molecule has 0 saturated heterocycles. The molecule has 0 aromatic heterocycles. The van der Waals surface area contributed by atoms with Crippen LogP contribution in [0.5, 0.6) is 0 Å². The molecule has 3 atom stereocenters. The van der Waals surface area contributed by atoms with Crippen LogP contribution in [-0.2, 0) is 14.3 Å². The van der Waals surface area contributed by atoms with Gasteiger partial charge in [-0.1, -0.05) is 61.4 Å². The molecule has 2 N–H and O–H groups in total. The van der Waals surface area contributed by atoms with Crippen molar-refractivity contribution in [1.29, 1.82) is 0 Å². The fourth-order valence-corrected chi connectivity index (χ4v) is 5.18. The maximum Gasteiger partial charge on any atom is 0.407 e. The Labute approximate surface area is 200 Å². The lowest BCUT2D eigenvalue weighted by Gasteiger charge is -2.33. The van der Waals surface area contributed by atoms with E-state index in [2.05, 4.69) is 29.6 Å². The Bertz CT molecular complexity index is 1020. The van der Waals surface area contributed by atoms with Crippen LogP contribution in [0.4, 0.5) is 4.79 Å².